The molecule has 0 bridgehead atoms. The third-order valence-corrected chi connectivity index (χ3v) is 5.56. The number of hydrogen-bond donors (Lipinski definition) is 1. The van der Waals surface area contributed by atoms with Gasteiger partial charge in [-0.25, -0.2) is 4.99 Å². The number of carbonyl (C=O) groups is 1. The van der Waals surface area contributed by atoms with Crippen molar-refractivity contribution < 1.29 is 14.3 Å². The van der Waals surface area contributed by atoms with Gasteiger partial charge in [0.25, 0.3) is 0 Å². The zero-order valence-electron chi connectivity index (χ0n) is 19.3. The molecule has 0 amide bonds. The van der Waals surface area contributed by atoms with E-state index in [4.69, 9.17) is 14.5 Å². The number of rotatable bonds is 9. The first-order valence-electron chi connectivity index (χ1n) is 11.6. The van der Waals surface area contributed by atoms with E-state index in [0.717, 1.165) is 49.6 Å². The molecule has 6 nitrogen and oxygen atoms in total. The van der Waals surface area contributed by atoms with Crippen LogP contribution in [0.15, 0.2) is 59.6 Å². The molecule has 32 heavy (non-hydrogen) atoms. The van der Waals surface area contributed by atoms with Crippen molar-refractivity contribution in [2.24, 2.45) is 10.9 Å². The molecule has 0 aliphatic carbocycles. The summed E-state index contributed by atoms with van der Waals surface area (Å²) in [5.74, 6) is 0.845. The Labute approximate surface area is 191 Å². The molecule has 1 fully saturated rings. The third kappa shape index (κ3) is 7.38. The molecule has 1 N–H and O–H groups in total. The lowest BCUT2D eigenvalue weighted by molar-refractivity contribution is -0.149. The summed E-state index contributed by atoms with van der Waals surface area (Å²) >= 11 is 0. The number of nitrogens with one attached hydrogen (secondary N) is 1. The minimum Gasteiger partial charge on any atom is -0.466 e. The average molecular weight is 438 g/mol. The maximum absolute atomic E-state index is 12.0. The minimum atomic E-state index is -0.0677. The van der Waals surface area contributed by atoms with Gasteiger partial charge in [-0.3, -0.25) is 4.79 Å². The van der Waals surface area contributed by atoms with Gasteiger partial charge < -0.3 is 19.7 Å². The Bertz CT molecular complexity index is 844. The molecule has 172 valence electrons. The number of benzene rings is 2. The van der Waals surface area contributed by atoms with Crippen molar-refractivity contribution >= 4 is 11.9 Å². The molecule has 0 saturated carbocycles. The predicted octanol–water partition coefficient (Wildman–Crippen LogP) is 4.14. The molecule has 1 heterocycles. The molecular formula is C26H35N3O3. The number of likely N-dealkylation sites (tertiary alicyclic amines) is 1. The van der Waals surface area contributed by atoms with Gasteiger partial charge in [0.2, 0.25) is 0 Å². The maximum Gasteiger partial charge on any atom is 0.309 e. The Kier molecular flexibility index (Phi) is 9.57. The highest BCUT2D eigenvalue weighted by Crippen LogP contribution is 2.19. The lowest BCUT2D eigenvalue weighted by atomic mass is 9.97. The molecule has 1 saturated heterocycles. The Hall–Kier alpha value is -2.86. The van der Waals surface area contributed by atoms with Crippen LogP contribution in [0, 0.1) is 5.92 Å². The van der Waals surface area contributed by atoms with Gasteiger partial charge in [-0.15, -0.1) is 0 Å². The van der Waals surface area contributed by atoms with Crippen LogP contribution < -0.4 is 5.32 Å². The number of ether oxygens (including phenoxy) is 2. The summed E-state index contributed by atoms with van der Waals surface area (Å²) < 4.78 is 11.0. The zero-order chi connectivity index (χ0) is 22.6. The first kappa shape index (κ1) is 23.8. The number of nitrogens with zero attached hydrogens (tertiary/aromatic N) is 2. The second kappa shape index (κ2) is 12.9. The summed E-state index contributed by atoms with van der Waals surface area (Å²) in [6.45, 7) is 8.64. The van der Waals surface area contributed by atoms with E-state index in [2.05, 4.69) is 53.5 Å². The lowest BCUT2D eigenvalue weighted by Gasteiger charge is -2.33. The highest BCUT2D eigenvalue weighted by atomic mass is 16.5. The summed E-state index contributed by atoms with van der Waals surface area (Å²) in [5.41, 5.74) is 3.50. The number of guanidine groups is 1. The molecule has 2 aromatic rings. The van der Waals surface area contributed by atoms with Crippen molar-refractivity contribution in [2.45, 2.75) is 46.4 Å². The van der Waals surface area contributed by atoms with E-state index in [-0.39, 0.29) is 11.9 Å². The molecule has 6 heteroatoms. The van der Waals surface area contributed by atoms with Gasteiger partial charge in [0.1, 0.15) is 0 Å². The van der Waals surface area contributed by atoms with Crippen LogP contribution >= 0.6 is 0 Å². The number of carbonyl (C=O) groups excluding carboxylic acids is 1. The van der Waals surface area contributed by atoms with Crippen LogP contribution in [0.2, 0.25) is 0 Å². The van der Waals surface area contributed by atoms with Crippen molar-refractivity contribution in [3.8, 4) is 0 Å². The summed E-state index contributed by atoms with van der Waals surface area (Å²) in [7, 11) is 0. The van der Waals surface area contributed by atoms with Crippen molar-refractivity contribution in [3.63, 3.8) is 0 Å². The molecule has 0 radical (unpaired) electrons. The van der Waals surface area contributed by atoms with Gasteiger partial charge in [-0.2, -0.15) is 0 Å². The second-order valence-electron chi connectivity index (χ2n) is 7.98. The van der Waals surface area contributed by atoms with Crippen molar-refractivity contribution in [1.82, 2.24) is 10.2 Å². The molecule has 1 aliphatic heterocycles. The van der Waals surface area contributed by atoms with E-state index >= 15 is 0 Å². The van der Waals surface area contributed by atoms with Gasteiger partial charge >= 0.3 is 5.97 Å². The first-order valence-corrected chi connectivity index (χ1v) is 11.6. The van der Waals surface area contributed by atoms with Gasteiger partial charge in [0.05, 0.1) is 32.3 Å². The summed E-state index contributed by atoms with van der Waals surface area (Å²) in [4.78, 5) is 19.1. The van der Waals surface area contributed by atoms with Crippen molar-refractivity contribution in [2.75, 3.05) is 26.2 Å². The smallest absolute Gasteiger partial charge is 0.309 e. The van der Waals surface area contributed by atoms with E-state index in [1.807, 2.05) is 25.1 Å². The van der Waals surface area contributed by atoms with E-state index < -0.39 is 0 Å². The summed E-state index contributed by atoms with van der Waals surface area (Å²) in [5, 5.41) is 3.39. The van der Waals surface area contributed by atoms with Crippen LogP contribution in [-0.4, -0.2) is 43.1 Å². The molecule has 3 rings (SSSR count). The van der Waals surface area contributed by atoms with Crippen LogP contribution in [0.5, 0.6) is 0 Å². The number of piperidine rings is 1. The Morgan fingerprint density at radius 3 is 2.22 bits per heavy atom. The Morgan fingerprint density at radius 2 is 1.59 bits per heavy atom. The van der Waals surface area contributed by atoms with Gasteiger partial charge in [0.15, 0.2) is 5.96 Å². The molecule has 0 atom stereocenters. The molecule has 0 unspecified atom stereocenters. The Morgan fingerprint density at radius 1 is 0.969 bits per heavy atom. The molecule has 0 spiro atoms. The maximum atomic E-state index is 12.0. The zero-order valence-corrected chi connectivity index (χ0v) is 19.3. The van der Waals surface area contributed by atoms with E-state index in [1.165, 1.54) is 5.56 Å². The monoisotopic (exact) mass is 437 g/mol. The van der Waals surface area contributed by atoms with Gasteiger partial charge in [0, 0.05) is 19.6 Å². The van der Waals surface area contributed by atoms with E-state index in [0.29, 0.717) is 26.4 Å². The Balaban J connectivity index is 1.48. The highest BCUT2D eigenvalue weighted by Gasteiger charge is 2.27. The van der Waals surface area contributed by atoms with Crippen LogP contribution in [0.3, 0.4) is 0 Å². The largest absolute Gasteiger partial charge is 0.466 e. The fourth-order valence-corrected chi connectivity index (χ4v) is 3.78. The summed E-state index contributed by atoms with van der Waals surface area (Å²) in [6.07, 6.45) is 1.61. The fourth-order valence-electron chi connectivity index (χ4n) is 3.78. The van der Waals surface area contributed by atoms with E-state index in [1.54, 1.807) is 0 Å². The molecule has 1 aliphatic rings. The summed E-state index contributed by atoms with van der Waals surface area (Å²) in [6, 6.07) is 18.6. The van der Waals surface area contributed by atoms with Crippen LogP contribution in [-0.2, 0) is 34.0 Å². The van der Waals surface area contributed by atoms with Crippen LogP contribution in [0.25, 0.3) is 0 Å². The minimum absolute atomic E-state index is 0.00531. The topological polar surface area (TPSA) is 63.2 Å². The van der Waals surface area contributed by atoms with Gasteiger partial charge in [-0.1, -0.05) is 54.6 Å². The first-order chi connectivity index (χ1) is 15.7. The van der Waals surface area contributed by atoms with E-state index in [9.17, 15) is 4.79 Å². The molecular weight excluding hydrogens is 402 g/mol. The number of hydrogen-bond acceptors (Lipinski definition) is 4. The van der Waals surface area contributed by atoms with Crippen LogP contribution in [0.1, 0.15) is 43.4 Å². The van der Waals surface area contributed by atoms with Crippen molar-refractivity contribution in [1.29, 1.82) is 0 Å². The SMILES string of the molecule is CCNC(=NCc1ccc(COCc2ccccc2)cc1)N1CCC(C(=O)OCC)CC1. The average Bonchev–Trinajstić information content (AvgIpc) is 2.83. The quantitative estimate of drug-likeness (QED) is 0.363. The number of esters is 1. The van der Waals surface area contributed by atoms with Crippen LogP contribution in [0.4, 0.5) is 0 Å². The predicted molar refractivity (Wildman–Crippen MR) is 127 cm³/mol. The standard InChI is InChI=1S/C26H35N3O3/c1-3-27-26(29-16-14-24(15-17-29)25(30)32-4-2)28-18-21-10-12-23(13-11-21)20-31-19-22-8-6-5-7-9-22/h5-13,24H,3-4,14-20H2,1-2H3,(H,27,28). The third-order valence-electron chi connectivity index (χ3n) is 5.56. The second-order valence-corrected chi connectivity index (χ2v) is 7.98. The van der Waals surface area contributed by atoms with Gasteiger partial charge in [-0.05, 0) is 43.4 Å². The highest BCUT2D eigenvalue weighted by molar-refractivity contribution is 5.80. The van der Waals surface area contributed by atoms with Crippen molar-refractivity contribution in [3.05, 3.63) is 71.3 Å². The molecule has 2 aromatic carbocycles. The molecule has 0 aromatic heterocycles. The number of aliphatic imine (C=N–C) groups is 1. The fraction of sp³-hybridized carbons (Fsp3) is 0.462. The normalized spacial score (nSPS) is 14.9. The lowest BCUT2D eigenvalue weighted by Crippen LogP contribution is -2.46.